The lowest BCUT2D eigenvalue weighted by Gasteiger charge is -2.36. The van der Waals surface area contributed by atoms with E-state index in [-0.39, 0.29) is 12.0 Å². The number of hydrogen-bond acceptors (Lipinski definition) is 2. The fourth-order valence-corrected chi connectivity index (χ4v) is 3.80. The summed E-state index contributed by atoms with van der Waals surface area (Å²) < 4.78 is 0. The summed E-state index contributed by atoms with van der Waals surface area (Å²) >= 11 is 0. The van der Waals surface area contributed by atoms with Gasteiger partial charge in [-0.15, -0.1) is 0 Å². The normalized spacial score (nSPS) is 28.4. The van der Waals surface area contributed by atoms with E-state index in [4.69, 9.17) is 5.73 Å². The Kier molecular flexibility index (Phi) is 5.26. The summed E-state index contributed by atoms with van der Waals surface area (Å²) in [5.74, 6) is 1.87. The Labute approximate surface area is 117 Å². The fourth-order valence-electron chi connectivity index (χ4n) is 3.80. The first-order valence-corrected chi connectivity index (χ1v) is 8.12. The second-order valence-corrected chi connectivity index (χ2v) is 6.83. The molecule has 3 unspecified atom stereocenters. The van der Waals surface area contributed by atoms with Crippen LogP contribution in [0.1, 0.15) is 58.8 Å². The van der Waals surface area contributed by atoms with Crippen LogP contribution in [0.2, 0.25) is 0 Å². The van der Waals surface area contributed by atoms with Crippen molar-refractivity contribution in [2.24, 2.45) is 23.5 Å². The quantitative estimate of drug-likeness (QED) is 0.850. The van der Waals surface area contributed by atoms with Crippen molar-refractivity contribution in [3.63, 3.8) is 0 Å². The summed E-state index contributed by atoms with van der Waals surface area (Å²) in [7, 11) is 0. The van der Waals surface area contributed by atoms with Crippen LogP contribution in [0.25, 0.3) is 0 Å². The lowest BCUT2D eigenvalue weighted by atomic mass is 9.89. The number of amides is 1. The zero-order valence-electron chi connectivity index (χ0n) is 12.6. The minimum absolute atomic E-state index is 0.204. The molecule has 110 valence electrons. The number of carbonyl (C=O) groups is 1. The molecule has 1 saturated carbocycles. The molecule has 1 heterocycles. The van der Waals surface area contributed by atoms with Gasteiger partial charge in [-0.2, -0.15) is 0 Å². The molecule has 1 amide bonds. The predicted molar refractivity (Wildman–Crippen MR) is 78.7 cm³/mol. The molecule has 2 aliphatic rings. The minimum Gasteiger partial charge on any atom is -0.342 e. The predicted octanol–water partition coefficient (Wildman–Crippen LogP) is 2.79. The Morgan fingerprint density at radius 3 is 2.53 bits per heavy atom. The largest absolute Gasteiger partial charge is 0.342 e. The Bertz CT molecular complexity index is 297. The van der Waals surface area contributed by atoms with Gasteiger partial charge in [0.05, 0.1) is 0 Å². The summed E-state index contributed by atoms with van der Waals surface area (Å²) in [5, 5.41) is 0. The molecule has 19 heavy (non-hydrogen) atoms. The number of carbonyl (C=O) groups excluding carboxylic acids is 1. The first-order valence-electron chi connectivity index (χ1n) is 8.12. The molecule has 2 N–H and O–H groups in total. The van der Waals surface area contributed by atoms with Gasteiger partial charge < -0.3 is 10.6 Å². The third-order valence-corrected chi connectivity index (χ3v) is 5.10. The number of piperidine rings is 1. The third kappa shape index (κ3) is 3.95. The molecule has 0 aromatic rings. The lowest BCUT2D eigenvalue weighted by Crippen LogP contribution is -2.46. The Balaban J connectivity index is 1.83. The van der Waals surface area contributed by atoms with Crippen molar-refractivity contribution in [1.29, 1.82) is 0 Å². The SMILES string of the molecule is CC(CC1CCCC1)C(=O)N1CCCC(C(C)N)C1. The monoisotopic (exact) mass is 266 g/mol. The van der Waals surface area contributed by atoms with E-state index >= 15 is 0 Å². The molecule has 3 nitrogen and oxygen atoms in total. The summed E-state index contributed by atoms with van der Waals surface area (Å²) in [6.45, 7) is 6.01. The molecule has 3 heteroatoms. The van der Waals surface area contributed by atoms with Crippen molar-refractivity contribution in [2.45, 2.75) is 64.8 Å². The minimum atomic E-state index is 0.204. The Hall–Kier alpha value is -0.570. The van der Waals surface area contributed by atoms with E-state index in [1.54, 1.807) is 0 Å². The van der Waals surface area contributed by atoms with Crippen LogP contribution in [-0.4, -0.2) is 29.9 Å². The molecule has 0 bridgehead atoms. The highest BCUT2D eigenvalue weighted by Crippen LogP contribution is 2.31. The van der Waals surface area contributed by atoms with Crippen LogP contribution in [-0.2, 0) is 4.79 Å². The first-order chi connectivity index (χ1) is 9.08. The molecule has 0 spiro atoms. The average molecular weight is 266 g/mol. The van der Waals surface area contributed by atoms with Gasteiger partial charge in [0.15, 0.2) is 0 Å². The first kappa shape index (κ1) is 14.8. The molecule has 2 rings (SSSR count). The molecule has 1 aliphatic heterocycles. The van der Waals surface area contributed by atoms with Crippen molar-refractivity contribution < 1.29 is 4.79 Å². The van der Waals surface area contributed by atoms with E-state index in [1.165, 1.54) is 32.1 Å². The van der Waals surface area contributed by atoms with Crippen LogP contribution in [0.15, 0.2) is 0 Å². The topological polar surface area (TPSA) is 46.3 Å². The van der Waals surface area contributed by atoms with Gasteiger partial charge in [0.25, 0.3) is 0 Å². The van der Waals surface area contributed by atoms with Gasteiger partial charge in [0, 0.05) is 25.0 Å². The standard InChI is InChI=1S/C16H30N2O/c1-12(10-14-6-3-4-7-14)16(19)18-9-5-8-15(11-18)13(2)17/h12-15H,3-11,17H2,1-2H3. The number of nitrogens with zero attached hydrogens (tertiary/aromatic N) is 1. The molecule has 0 aromatic carbocycles. The molecule has 0 radical (unpaired) electrons. The highest BCUT2D eigenvalue weighted by molar-refractivity contribution is 5.78. The van der Waals surface area contributed by atoms with Crippen molar-refractivity contribution >= 4 is 5.91 Å². The molecule has 3 atom stereocenters. The van der Waals surface area contributed by atoms with Gasteiger partial charge in [-0.25, -0.2) is 0 Å². The van der Waals surface area contributed by atoms with E-state index in [1.807, 2.05) is 0 Å². The highest BCUT2D eigenvalue weighted by Gasteiger charge is 2.29. The zero-order valence-corrected chi connectivity index (χ0v) is 12.6. The molecule has 2 fully saturated rings. The van der Waals surface area contributed by atoms with Crippen molar-refractivity contribution in [3.05, 3.63) is 0 Å². The maximum atomic E-state index is 12.5. The van der Waals surface area contributed by atoms with Crippen LogP contribution < -0.4 is 5.73 Å². The Morgan fingerprint density at radius 2 is 1.89 bits per heavy atom. The Morgan fingerprint density at radius 1 is 1.21 bits per heavy atom. The average Bonchev–Trinajstić information content (AvgIpc) is 2.90. The van der Waals surface area contributed by atoms with Gasteiger partial charge in [-0.3, -0.25) is 4.79 Å². The maximum absolute atomic E-state index is 12.5. The van der Waals surface area contributed by atoms with Crippen LogP contribution in [0.4, 0.5) is 0 Å². The number of likely N-dealkylation sites (tertiary alicyclic amines) is 1. The summed E-state index contributed by atoms with van der Waals surface area (Å²) in [6.07, 6.45) is 8.79. The summed E-state index contributed by atoms with van der Waals surface area (Å²) in [5.41, 5.74) is 6.00. The molecular formula is C16H30N2O. The maximum Gasteiger partial charge on any atom is 0.225 e. The molecule has 1 saturated heterocycles. The highest BCUT2D eigenvalue weighted by atomic mass is 16.2. The van der Waals surface area contributed by atoms with Crippen LogP contribution in [0.3, 0.4) is 0 Å². The number of nitrogens with two attached hydrogens (primary N) is 1. The van der Waals surface area contributed by atoms with Crippen LogP contribution >= 0.6 is 0 Å². The third-order valence-electron chi connectivity index (χ3n) is 5.10. The molecular weight excluding hydrogens is 236 g/mol. The second-order valence-electron chi connectivity index (χ2n) is 6.83. The van der Waals surface area contributed by atoms with Crippen molar-refractivity contribution in [3.8, 4) is 0 Å². The van der Waals surface area contributed by atoms with E-state index < -0.39 is 0 Å². The van der Waals surface area contributed by atoms with E-state index in [0.717, 1.165) is 31.8 Å². The van der Waals surface area contributed by atoms with Crippen molar-refractivity contribution in [1.82, 2.24) is 4.90 Å². The summed E-state index contributed by atoms with van der Waals surface area (Å²) in [4.78, 5) is 14.6. The number of hydrogen-bond donors (Lipinski definition) is 1. The van der Waals surface area contributed by atoms with Crippen LogP contribution in [0.5, 0.6) is 0 Å². The van der Waals surface area contributed by atoms with Gasteiger partial charge in [0.1, 0.15) is 0 Å². The number of rotatable bonds is 4. The van der Waals surface area contributed by atoms with E-state index in [2.05, 4.69) is 18.7 Å². The van der Waals surface area contributed by atoms with Gasteiger partial charge in [0.2, 0.25) is 5.91 Å². The van der Waals surface area contributed by atoms with E-state index in [0.29, 0.717) is 11.8 Å². The zero-order chi connectivity index (χ0) is 13.8. The second kappa shape index (κ2) is 6.74. The van der Waals surface area contributed by atoms with Crippen LogP contribution in [0, 0.1) is 17.8 Å². The van der Waals surface area contributed by atoms with Crippen molar-refractivity contribution in [2.75, 3.05) is 13.1 Å². The van der Waals surface area contributed by atoms with Gasteiger partial charge in [-0.1, -0.05) is 32.6 Å². The van der Waals surface area contributed by atoms with E-state index in [9.17, 15) is 4.79 Å². The van der Waals surface area contributed by atoms with Gasteiger partial charge >= 0.3 is 0 Å². The summed E-state index contributed by atoms with van der Waals surface area (Å²) in [6, 6.07) is 0.209. The van der Waals surface area contributed by atoms with Gasteiger partial charge in [-0.05, 0) is 38.0 Å². The smallest absolute Gasteiger partial charge is 0.225 e. The molecule has 0 aromatic heterocycles. The fraction of sp³-hybridized carbons (Fsp3) is 0.938. The molecule has 1 aliphatic carbocycles. The lowest BCUT2D eigenvalue weighted by molar-refractivity contribution is -0.137.